The van der Waals surface area contributed by atoms with Crippen molar-refractivity contribution in [1.29, 1.82) is 0 Å². The highest BCUT2D eigenvalue weighted by atomic mass is 32.1. The molecular weight excluding hydrogens is 304 g/mol. The maximum atomic E-state index is 12.3. The van der Waals surface area contributed by atoms with Crippen LogP contribution in [0.15, 0.2) is 30.3 Å². The highest BCUT2D eigenvalue weighted by Crippen LogP contribution is 2.18. The summed E-state index contributed by atoms with van der Waals surface area (Å²) in [5, 5.41) is 0. The monoisotopic (exact) mass is 320 g/mol. The summed E-state index contributed by atoms with van der Waals surface area (Å²) in [7, 11) is 0. The van der Waals surface area contributed by atoms with Gasteiger partial charge in [-0.1, -0.05) is 18.2 Å². The van der Waals surface area contributed by atoms with Crippen LogP contribution in [0.5, 0.6) is 0 Å². The van der Waals surface area contributed by atoms with Gasteiger partial charge in [0.05, 0.1) is 13.2 Å². The van der Waals surface area contributed by atoms with E-state index < -0.39 is 11.9 Å². The molecule has 116 valence electrons. The van der Waals surface area contributed by atoms with Crippen LogP contribution in [0, 0.1) is 4.77 Å². The molecule has 0 atom stereocenters. The van der Waals surface area contributed by atoms with Crippen molar-refractivity contribution in [2.24, 2.45) is 0 Å². The zero-order chi connectivity index (χ0) is 16.1. The number of nitrogens with one attached hydrogen (secondary N) is 1. The van der Waals surface area contributed by atoms with Gasteiger partial charge in [-0.25, -0.2) is 9.59 Å². The lowest BCUT2D eigenvalue weighted by atomic mass is 10.2. The zero-order valence-corrected chi connectivity index (χ0v) is 13.1. The van der Waals surface area contributed by atoms with Crippen molar-refractivity contribution in [2.75, 3.05) is 13.2 Å². The minimum Gasteiger partial charge on any atom is -0.461 e. The van der Waals surface area contributed by atoms with Crippen molar-refractivity contribution < 1.29 is 19.1 Å². The molecule has 0 saturated heterocycles. The number of hydrogen-bond acceptors (Lipinski definition) is 5. The topological polar surface area (TPSA) is 73.3 Å². The highest BCUT2D eigenvalue weighted by Gasteiger charge is 2.27. The first-order chi connectivity index (χ1) is 10.6. The van der Waals surface area contributed by atoms with Crippen LogP contribution in [-0.2, 0) is 9.47 Å². The van der Waals surface area contributed by atoms with Gasteiger partial charge in [0, 0.05) is 5.69 Å². The molecule has 6 nitrogen and oxygen atoms in total. The minimum atomic E-state index is -0.647. The fourth-order valence-electron chi connectivity index (χ4n) is 2.00. The number of carbonyl (C=O) groups excluding carboxylic acids is 2. The third-order valence-corrected chi connectivity index (χ3v) is 3.14. The van der Waals surface area contributed by atoms with E-state index in [1.165, 1.54) is 4.57 Å². The molecule has 0 fully saturated rings. The fourth-order valence-corrected chi connectivity index (χ4v) is 2.30. The molecule has 1 N–H and O–H groups in total. The molecule has 7 heteroatoms. The average Bonchev–Trinajstić information content (AvgIpc) is 2.86. The van der Waals surface area contributed by atoms with Crippen LogP contribution in [0.3, 0.4) is 0 Å². The molecule has 0 aliphatic heterocycles. The van der Waals surface area contributed by atoms with Gasteiger partial charge in [0.2, 0.25) is 0 Å². The lowest BCUT2D eigenvalue weighted by Crippen LogP contribution is -2.17. The normalized spacial score (nSPS) is 10.3. The lowest BCUT2D eigenvalue weighted by molar-refractivity contribution is 0.0469. The summed E-state index contributed by atoms with van der Waals surface area (Å²) >= 11 is 5.24. The van der Waals surface area contributed by atoms with Crippen LogP contribution in [0.4, 0.5) is 0 Å². The molecule has 0 amide bonds. The van der Waals surface area contributed by atoms with Gasteiger partial charge < -0.3 is 14.5 Å². The van der Waals surface area contributed by atoms with Gasteiger partial charge in [0.15, 0.2) is 16.2 Å². The number of para-hydroxylation sites is 1. The minimum absolute atomic E-state index is 0.00541. The molecule has 0 saturated carbocycles. The molecule has 1 aromatic heterocycles. The molecule has 0 bridgehead atoms. The molecule has 0 aliphatic rings. The van der Waals surface area contributed by atoms with Gasteiger partial charge in [-0.05, 0) is 38.2 Å². The molecule has 2 rings (SSSR count). The van der Waals surface area contributed by atoms with Gasteiger partial charge >= 0.3 is 11.9 Å². The third-order valence-electron chi connectivity index (χ3n) is 2.86. The van der Waals surface area contributed by atoms with Crippen LogP contribution in [0.1, 0.15) is 34.8 Å². The van der Waals surface area contributed by atoms with Crippen molar-refractivity contribution >= 4 is 24.2 Å². The number of rotatable bonds is 5. The van der Waals surface area contributed by atoms with Crippen molar-refractivity contribution in [2.45, 2.75) is 13.8 Å². The Balaban J connectivity index is 2.65. The molecular formula is C15H16N2O4S. The molecule has 1 heterocycles. The van der Waals surface area contributed by atoms with Crippen LogP contribution < -0.4 is 0 Å². The second-order valence-corrected chi connectivity index (χ2v) is 4.65. The molecule has 2 aromatic rings. The summed E-state index contributed by atoms with van der Waals surface area (Å²) in [4.78, 5) is 27.1. The second kappa shape index (κ2) is 7.04. The summed E-state index contributed by atoms with van der Waals surface area (Å²) in [6, 6.07) is 9.02. The number of imidazole rings is 1. The maximum absolute atomic E-state index is 12.3. The largest absolute Gasteiger partial charge is 0.461 e. The Morgan fingerprint density at radius 3 is 2.27 bits per heavy atom. The number of ether oxygens (including phenoxy) is 2. The Morgan fingerprint density at radius 2 is 1.68 bits per heavy atom. The van der Waals surface area contributed by atoms with Gasteiger partial charge in [-0.15, -0.1) is 0 Å². The average molecular weight is 320 g/mol. The lowest BCUT2D eigenvalue weighted by Gasteiger charge is -2.09. The van der Waals surface area contributed by atoms with Gasteiger partial charge in [-0.3, -0.25) is 4.57 Å². The Bertz CT molecular complexity index is 734. The number of carbonyl (C=O) groups is 2. The number of benzene rings is 1. The molecule has 0 radical (unpaired) electrons. The molecule has 22 heavy (non-hydrogen) atoms. The summed E-state index contributed by atoms with van der Waals surface area (Å²) in [6.07, 6.45) is 0. The van der Waals surface area contributed by atoms with Crippen molar-refractivity contribution in [3.8, 4) is 5.69 Å². The van der Waals surface area contributed by atoms with E-state index in [1.54, 1.807) is 26.0 Å². The number of aromatic amines is 1. The molecule has 1 aromatic carbocycles. The second-order valence-electron chi connectivity index (χ2n) is 4.27. The van der Waals surface area contributed by atoms with Crippen LogP contribution in [0.2, 0.25) is 0 Å². The van der Waals surface area contributed by atoms with Crippen molar-refractivity contribution in [1.82, 2.24) is 9.55 Å². The summed E-state index contributed by atoms with van der Waals surface area (Å²) in [5.41, 5.74) is 0.688. The van der Waals surface area contributed by atoms with E-state index in [9.17, 15) is 9.59 Å². The first-order valence-corrected chi connectivity index (χ1v) is 7.25. The van der Waals surface area contributed by atoms with Gasteiger partial charge in [0.25, 0.3) is 0 Å². The quantitative estimate of drug-likeness (QED) is 0.677. The Labute approximate surface area is 132 Å². The van der Waals surface area contributed by atoms with Crippen LogP contribution >= 0.6 is 12.2 Å². The zero-order valence-electron chi connectivity index (χ0n) is 12.3. The SMILES string of the molecule is CCOC(=O)c1[nH]c(=S)n(-c2ccccc2)c1C(=O)OCC. The van der Waals surface area contributed by atoms with Crippen molar-refractivity contribution in [3.05, 3.63) is 46.5 Å². The Morgan fingerprint density at radius 1 is 1.09 bits per heavy atom. The Kier molecular flexibility index (Phi) is 5.11. The smallest absolute Gasteiger partial charge is 0.357 e. The van der Waals surface area contributed by atoms with Crippen LogP contribution in [0.25, 0.3) is 5.69 Å². The number of hydrogen-bond donors (Lipinski definition) is 1. The molecule has 0 spiro atoms. The van der Waals surface area contributed by atoms with Gasteiger partial charge in [0.1, 0.15) is 0 Å². The van der Waals surface area contributed by atoms with Crippen molar-refractivity contribution in [3.63, 3.8) is 0 Å². The summed E-state index contributed by atoms with van der Waals surface area (Å²) in [5.74, 6) is -1.28. The first-order valence-electron chi connectivity index (χ1n) is 6.84. The van der Waals surface area contributed by atoms with Crippen LogP contribution in [-0.4, -0.2) is 34.7 Å². The molecule has 0 aliphatic carbocycles. The highest BCUT2D eigenvalue weighted by molar-refractivity contribution is 7.71. The molecule has 0 unspecified atom stereocenters. The predicted molar refractivity (Wildman–Crippen MR) is 82.9 cm³/mol. The third kappa shape index (κ3) is 3.09. The number of nitrogens with zero attached hydrogens (tertiary/aromatic N) is 1. The first kappa shape index (κ1) is 16.0. The number of aromatic nitrogens is 2. The summed E-state index contributed by atoms with van der Waals surface area (Å²) < 4.78 is 11.7. The number of H-pyrrole nitrogens is 1. The Hall–Kier alpha value is -2.41. The fraction of sp³-hybridized carbons (Fsp3) is 0.267. The standard InChI is InChI=1S/C15H16N2O4S/c1-3-20-13(18)11-12(14(19)21-4-2)17(15(22)16-11)10-8-6-5-7-9-10/h5-9H,3-4H2,1-2H3,(H,16,22). The van der Waals surface area contributed by atoms with E-state index in [2.05, 4.69) is 4.98 Å². The van der Waals surface area contributed by atoms with E-state index in [-0.39, 0.29) is 29.4 Å². The van der Waals surface area contributed by atoms with E-state index in [1.807, 2.05) is 18.2 Å². The number of esters is 2. The van der Waals surface area contributed by atoms with E-state index in [4.69, 9.17) is 21.7 Å². The van der Waals surface area contributed by atoms with E-state index in [0.717, 1.165) is 0 Å². The van der Waals surface area contributed by atoms with E-state index in [0.29, 0.717) is 5.69 Å². The predicted octanol–water partition coefficient (Wildman–Crippen LogP) is 2.89. The summed E-state index contributed by atoms with van der Waals surface area (Å²) in [6.45, 7) is 3.76. The van der Waals surface area contributed by atoms with Gasteiger partial charge in [-0.2, -0.15) is 0 Å². The maximum Gasteiger partial charge on any atom is 0.357 e. The van der Waals surface area contributed by atoms with E-state index >= 15 is 0 Å².